The third-order valence-corrected chi connectivity index (χ3v) is 6.54. The molecule has 1 amide bonds. The van der Waals surface area contributed by atoms with Gasteiger partial charge in [0.1, 0.15) is 0 Å². The number of likely N-dealkylation sites (N-methyl/N-ethyl adjacent to an activating group) is 1. The summed E-state index contributed by atoms with van der Waals surface area (Å²) < 4.78 is 2.26. The third kappa shape index (κ3) is 3.70. The van der Waals surface area contributed by atoms with Gasteiger partial charge in [0, 0.05) is 35.2 Å². The number of carbonyl (C=O) groups excluding carboxylic acids is 1. The number of nitrogens with zero attached hydrogens (tertiary/aromatic N) is 3. The first-order valence-corrected chi connectivity index (χ1v) is 11.2. The molecule has 1 aliphatic rings. The molecule has 1 aromatic heterocycles. The summed E-state index contributed by atoms with van der Waals surface area (Å²) in [6.07, 6.45) is 4.16. The van der Waals surface area contributed by atoms with E-state index in [-0.39, 0.29) is 5.91 Å². The molecule has 0 aliphatic carbocycles. The standard InChI is InChI=1S/C25H27N3OS/c1-6-27-24(29)23(30-25(27)26-20-12-11-17(4)18(5)13-20)14-19-15-28(16(2)3)22-10-8-7-9-21(19)22/h7-16H,6H2,1-5H3/b23-14+,26-25?. The Labute approximate surface area is 182 Å². The maximum Gasteiger partial charge on any atom is 0.266 e. The fourth-order valence-electron chi connectivity index (χ4n) is 3.69. The number of thioether (sulfide) groups is 1. The lowest BCUT2D eigenvalue weighted by molar-refractivity contribution is -0.122. The van der Waals surface area contributed by atoms with Gasteiger partial charge in [-0.05, 0) is 81.8 Å². The maximum absolute atomic E-state index is 13.1. The molecule has 0 radical (unpaired) electrons. The molecule has 0 spiro atoms. The number of amidine groups is 1. The Morgan fingerprint density at radius 2 is 1.87 bits per heavy atom. The summed E-state index contributed by atoms with van der Waals surface area (Å²) in [4.78, 5) is 20.3. The molecule has 0 bridgehead atoms. The Morgan fingerprint density at radius 3 is 2.57 bits per heavy atom. The fraction of sp³-hybridized carbons (Fsp3) is 0.280. The van der Waals surface area contributed by atoms with Crippen LogP contribution in [-0.2, 0) is 4.79 Å². The lowest BCUT2D eigenvalue weighted by Gasteiger charge is -2.12. The molecule has 5 heteroatoms. The van der Waals surface area contributed by atoms with Crippen LogP contribution in [0.25, 0.3) is 17.0 Å². The Balaban J connectivity index is 1.75. The average Bonchev–Trinajstić information content (AvgIpc) is 3.23. The first kappa shape index (κ1) is 20.5. The number of para-hydroxylation sites is 1. The molecule has 2 aromatic carbocycles. The van der Waals surface area contributed by atoms with Crippen molar-refractivity contribution in [2.75, 3.05) is 6.54 Å². The van der Waals surface area contributed by atoms with Gasteiger partial charge in [0.25, 0.3) is 5.91 Å². The highest BCUT2D eigenvalue weighted by molar-refractivity contribution is 8.18. The highest BCUT2D eigenvalue weighted by Gasteiger charge is 2.32. The minimum absolute atomic E-state index is 0.0199. The van der Waals surface area contributed by atoms with Crippen molar-refractivity contribution < 1.29 is 4.79 Å². The molecule has 1 saturated heterocycles. The predicted octanol–water partition coefficient (Wildman–Crippen LogP) is 6.46. The second kappa shape index (κ2) is 8.15. The fourth-order valence-corrected chi connectivity index (χ4v) is 4.74. The lowest BCUT2D eigenvalue weighted by atomic mass is 10.1. The molecule has 3 aromatic rings. The zero-order chi connectivity index (χ0) is 21.4. The second-order valence-corrected chi connectivity index (χ2v) is 8.93. The number of hydrogen-bond donors (Lipinski definition) is 0. The van der Waals surface area contributed by atoms with Crippen LogP contribution in [0.4, 0.5) is 5.69 Å². The van der Waals surface area contributed by atoms with E-state index in [4.69, 9.17) is 4.99 Å². The quantitative estimate of drug-likeness (QED) is 0.457. The van der Waals surface area contributed by atoms with Crippen LogP contribution >= 0.6 is 11.8 Å². The van der Waals surface area contributed by atoms with Gasteiger partial charge in [-0.2, -0.15) is 0 Å². The van der Waals surface area contributed by atoms with Crippen LogP contribution in [0.5, 0.6) is 0 Å². The molecular weight excluding hydrogens is 390 g/mol. The Morgan fingerprint density at radius 1 is 1.10 bits per heavy atom. The summed E-state index contributed by atoms with van der Waals surface area (Å²) >= 11 is 1.46. The van der Waals surface area contributed by atoms with Crippen LogP contribution in [-0.4, -0.2) is 27.1 Å². The number of aryl methyl sites for hydroxylation is 2. The van der Waals surface area contributed by atoms with E-state index in [9.17, 15) is 4.79 Å². The average molecular weight is 418 g/mol. The number of carbonyl (C=O) groups is 1. The molecule has 2 heterocycles. The topological polar surface area (TPSA) is 37.6 Å². The summed E-state index contributed by atoms with van der Waals surface area (Å²) in [7, 11) is 0. The number of hydrogen-bond acceptors (Lipinski definition) is 3. The summed E-state index contributed by atoms with van der Waals surface area (Å²) in [5.74, 6) is 0.0199. The van der Waals surface area contributed by atoms with E-state index < -0.39 is 0 Å². The van der Waals surface area contributed by atoms with Crippen LogP contribution in [0.3, 0.4) is 0 Å². The van der Waals surface area contributed by atoms with Gasteiger partial charge >= 0.3 is 0 Å². The molecule has 0 saturated carbocycles. The molecule has 4 rings (SSSR count). The largest absolute Gasteiger partial charge is 0.344 e. The summed E-state index contributed by atoms with van der Waals surface area (Å²) in [6.45, 7) is 11.1. The highest BCUT2D eigenvalue weighted by atomic mass is 32.2. The van der Waals surface area contributed by atoms with Crippen molar-refractivity contribution >= 4 is 45.5 Å². The molecule has 30 heavy (non-hydrogen) atoms. The molecule has 0 unspecified atom stereocenters. The Hall–Kier alpha value is -2.79. The maximum atomic E-state index is 13.1. The number of rotatable bonds is 4. The van der Waals surface area contributed by atoms with E-state index in [1.165, 1.54) is 28.4 Å². The van der Waals surface area contributed by atoms with Crippen molar-refractivity contribution in [3.05, 3.63) is 70.3 Å². The molecule has 1 aliphatic heterocycles. The van der Waals surface area contributed by atoms with Crippen molar-refractivity contribution in [1.29, 1.82) is 0 Å². The molecule has 154 valence electrons. The van der Waals surface area contributed by atoms with Crippen molar-refractivity contribution in [2.24, 2.45) is 4.99 Å². The first-order chi connectivity index (χ1) is 14.4. The van der Waals surface area contributed by atoms with Gasteiger partial charge in [-0.1, -0.05) is 24.3 Å². The van der Waals surface area contributed by atoms with Crippen molar-refractivity contribution in [2.45, 2.75) is 40.7 Å². The van der Waals surface area contributed by atoms with E-state index in [1.807, 2.05) is 25.1 Å². The number of aromatic nitrogens is 1. The van der Waals surface area contributed by atoms with E-state index >= 15 is 0 Å². The monoisotopic (exact) mass is 417 g/mol. The Bertz CT molecular complexity index is 1190. The number of amides is 1. The van der Waals surface area contributed by atoms with Crippen LogP contribution in [0.15, 0.2) is 58.6 Å². The van der Waals surface area contributed by atoms with Gasteiger partial charge in [0.2, 0.25) is 0 Å². The number of fused-ring (bicyclic) bond motifs is 1. The normalized spacial score (nSPS) is 17.3. The second-order valence-electron chi connectivity index (χ2n) is 7.93. The summed E-state index contributed by atoms with van der Waals surface area (Å²) in [5, 5.41) is 1.90. The van der Waals surface area contributed by atoms with Crippen LogP contribution in [0.2, 0.25) is 0 Å². The van der Waals surface area contributed by atoms with Crippen molar-refractivity contribution in [3.8, 4) is 0 Å². The van der Waals surface area contributed by atoms with Gasteiger partial charge in [-0.25, -0.2) is 4.99 Å². The van der Waals surface area contributed by atoms with Gasteiger partial charge in [-0.15, -0.1) is 0 Å². The van der Waals surface area contributed by atoms with Gasteiger partial charge < -0.3 is 4.57 Å². The smallest absolute Gasteiger partial charge is 0.266 e. The highest BCUT2D eigenvalue weighted by Crippen LogP contribution is 2.36. The molecule has 1 fully saturated rings. The minimum atomic E-state index is 0.0199. The van der Waals surface area contributed by atoms with E-state index in [0.717, 1.165) is 21.8 Å². The van der Waals surface area contributed by atoms with E-state index in [2.05, 4.69) is 68.8 Å². The first-order valence-electron chi connectivity index (χ1n) is 10.4. The molecular formula is C25H27N3OS. The predicted molar refractivity (Wildman–Crippen MR) is 128 cm³/mol. The van der Waals surface area contributed by atoms with Crippen molar-refractivity contribution in [3.63, 3.8) is 0 Å². The van der Waals surface area contributed by atoms with Gasteiger partial charge in [0.15, 0.2) is 5.17 Å². The molecule has 0 N–H and O–H groups in total. The summed E-state index contributed by atoms with van der Waals surface area (Å²) in [6, 6.07) is 14.8. The van der Waals surface area contributed by atoms with Crippen LogP contribution < -0.4 is 0 Å². The zero-order valence-corrected chi connectivity index (χ0v) is 19.0. The van der Waals surface area contributed by atoms with Gasteiger partial charge in [0.05, 0.1) is 10.6 Å². The van der Waals surface area contributed by atoms with Crippen LogP contribution in [0.1, 0.15) is 43.5 Å². The van der Waals surface area contributed by atoms with Gasteiger partial charge in [-0.3, -0.25) is 9.69 Å². The van der Waals surface area contributed by atoms with Crippen molar-refractivity contribution in [1.82, 2.24) is 9.47 Å². The summed E-state index contributed by atoms with van der Waals surface area (Å²) in [5.41, 5.74) is 5.57. The molecule has 4 nitrogen and oxygen atoms in total. The number of aliphatic imine (C=N–C) groups is 1. The van der Waals surface area contributed by atoms with E-state index in [1.54, 1.807) is 4.90 Å². The van der Waals surface area contributed by atoms with Crippen LogP contribution in [0, 0.1) is 13.8 Å². The minimum Gasteiger partial charge on any atom is -0.344 e. The lowest BCUT2D eigenvalue weighted by Crippen LogP contribution is -2.28. The third-order valence-electron chi connectivity index (χ3n) is 5.53. The number of benzene rings is 2. The molecule has 0 atom stereocenters. The SMILES string of the molecule is CCN1C(=O)/C(=C\c2cn(C(C)C)c3ccccc23)SC1=Nc1ccc(C)c(C)c1. The Kier molecular flexibility index (Phi) is 5.56. The zero-order valence-electron chi connectivity index (χ0n) is 18.1. The van der Waals surface area contributed by atoms with E-state index in [0.29, 0.717) is 17.5 Å².